The van der Waals surface area contributed by atoms with E-state index >= 15 is 0 Å². The first-order chi connectivity index (χ1) is 6.81. The molecule has 0 amide bonds. The molecule has 72 valence electrons. The molecule has 2 N–H and O–H groups in total. The van der Waals surface area contributed by atoms with Crippen LogP contribution in [0.4, 0.5) is 4.39 Å². The molecule has 3 heteroatoms. The molecule has 0 saturated heterocycles. The summed E-state index contributed by atoms with van der Waals surface area (Å²) in [7, 11) is 0. The molecule has 1 aromatic heterocycles. The standard InChI is InChI=1S/C11H10FNO/c12-10-3-1-8(2-4-10)11-9(7-13)5-6-14-11/h1-6H,7,13H2. The Morgan fingerprint density at radius 1 is 1.14 bits per heavy atom. The summed E-state index contributed by atoms with van der Waals surface area (Å²) < 4.78 is 17.9. The fraction of sp³-hybridized carbons (Fsp3) is 0.0909. The topological polar surface area (TPSA) is 39.2 Å². The maximum absolute atomic E-state index is 12.7. The molecule has 0 saturated carbocycles. The normalized spacial score (nSPS) is 10.4. The van der Waals surface area contributed by atoms with Gasteiger partial charge in [-0.15, -0.1) is 0 Å². The van der Waals surface area contributed by atoms with Crippen molar-refractivity contribution in [2.45, 2.75) is 6.54 Å². The third-order valence-electron chi connectivity index (χ3n) is 2.07. The number of furan rings is 1. The van der Waals surface area contributed by atoms with Crippen LogP contribution < -0.4 is 5.73 Å². The molecule has 0 aliphatic carbocycles. The van der Waals surface area contributed by atoms with Gasteiger partial charge in [0.1, 0.15) is 11.6 Å². The van der Waals surface area contributed by atoms with E-state index in [0.29, 0.717) is 12.3 Å². The summed E-state index contributed by atoms with van der Waals surface area (Å²) in [6.07, 6.45) is 1.58. The zero-order chi connectivity index (χ0) is 9.97. The van der Waals surface area contributed by atoms with Crippen LogP contribution in [-0.4, -0.2) is 0 Å². The van der Waals surface area contributed by atoms with Gasteiger partial charge >= 0.3 is 0 Å². The van der Waals surface area contributed by atoms with E-state index in [4.69, 9.17) is 10.2 Å². The Morgan fingerprint density at radius 3 is 2.50 bits per heavy atom. The van der Waals surface area contributed by atoms with E-state index in [-0.39, 0.29) is 5.82 Å². The van der Waals surface area contributed by atoms with Crippen molar-refractivity contribution in [3.05, 3.63) is 48.0 Å². The van der Waals surface area contributed by atoms with Crippen LogP contribution in [0.5, 0.6) is 0 Å². The molecule has 1 aromatic carbocycles. The summed E-state index contributed by atoms with van der Waals surface area (Å²) in [5.41, 5.74) is 7.30. The van der Waals surface area contributed by atoms with E-state index in [1.807, 2.05) is 6.07 Å². The van der Waals surface area contributed by atoms with Crippen molar-refractivity contribution in [1.29, 1.82) is 0 Å². The fourth-order valence-electron chi connectivity index (χ4n) is 1.35. The molecule has 14 heavy (non-hydrogen) atoms. The van der Waals surface area contributed by atoms with Crippen LogP contribution >= 0.6 is 0 Å². The number of benzene rings is 1. The van der Waals surface area contributed by atoms with Crippen LogP contribution in [0.2, 0.25) is 0 Å². The maximum atomic E-state index is 12.7. The summed E-state index contributed by atoms with van der Waals surface area (Å²) >= 11 is 0. The van der Waals surface area contributed by atoms with Gasteiger partial charge < -0.3 is 10.2 Å². The van der Waals surface area contributed by atoms with Gasteiger partial charge in [-0.1, -0.05) is 0 Å². The highest BCUT2D eigenvalue weighted by atomic mass is 19.1. The molecular formula is C11H10FNO. The van der Waals surface area contributed by atoms with E-state index < -0.39 is 0 Å². The first-order valence-electron chi connectivity index (χ1n) is 4.33. The van der Waals surface area contributed by atoms with E-state index in [2.05, 4.69) is 0 Å². The number of hydrogen-bond acceptors (Lipinski definition) is 2. The summed E-state index contributed by atoms with van der Waals surface area (Å²) in [4.78, 5) is 0. The zero-order valence-corrected chi connectivity index (χ0v) is 7.53. The average Bonchev–Trinajstić information content (AvgIpc) is 2.67. The van der Waals surface area contributed by atoms with Crippen molar-refractivity contribution in [3.8, 4) is 11.3 Å². The van der Waals surface area contributed by atoms with Crippen molar-refractivity contribution in [1.82, 2.24) is 0 Å². The lowest BCUT2D eigenvalue weighted by atomic mass is 10.1. The molecule has 1 heterocycles. The van der Waals surface area contributed by atoms with Gasteiger partial charge in [0, 0.05) is 17.7 Å². The second-order valence-corrected chi connectivity index (χ2v) is 2.99. The minimum absolute atomic E-state index is 0.255. The molecule has 0 unspecified atom stereocenters. The first kappa shape index (κ1) is 8.97. The van der Waals surface area contributed by atoms with Gasteiger partial charge in [-0.3, -0.25) is 0 Å². The largest absolute Gasteiger partial charge is 0.464 e. The van der Waals surface area contributed by atoms with Crippen LogP contribution in [0.25, 0.3) is 11.3 Å². The zero-order valence-electron chi connectivity index (χ0n) is 7.53. The molecule has 2 rings (SSSR count). The number of nitrogens with two attached hydrogens (primary N) is 1. The van der Waals surface area contributed by atoms with Gasteiger partial charge in [-0.2, -0.15) is 0 Å². The third-order valence-corrected chi connectivity index (χ3v) is 2.07. The highest BCUT2D eigenvalue weighted by molar-refractivity contribution is 5.61. The van der Waals surface area contributed by atoms with Crippen molar-refractivity contribution in [2.75, 3.05) is 0 Å². The van der Waals surface area contributed by atoms with E-state index in [9.17, 15) is 4.39 Å². The van der Waals surface area contributed by atoms with Crippen LogP contribution in [0.15, 0.2) is 41.0 Å². The molecule has 0 spiro atoms. The summed E-state index contributed by atoms with van der Waals surface area (Å²) in [5.74, 6) is 0.460. The molecule has 2 nitrogen and oxygen atoms in total. The molecule has 0 fully saturated rings. The predicted octanol–water partition coefficient (Wildman–Crippen LogP) is 2.54. The fourth-order valence-corrected chi connectivity index (χ4v) is 1.35. The Morgan fingerprint density at radius 2 is 1.86 bits per heavy atom. The Balaban J connectivity index is 2.44. The molecule has 0 aliphatic rings. The molecule has 0 radical (unpaired) electrons. The van der Waals surface area contributed by atoms with Gasteiger partial charge in [0.25, 0.3) is 0 Å². The predicted molar refractivity (Wildman–Crippen MR) is 52.0 cm³/mol. The Kier molecular flexibility index (Phi) is 2.33. The quantitative estimate of drug-likeness (QED) is 0.792. The van der Waals surface area contributed by atoms with Crippen molar-refractivity contribution in [2.24, 2.45) is 5.73 Å². The lowest BCUT2D eigenvalue weighted by Gasteiger charge is -1.99. The summed E-state index contributed by atoms with van der Waals surface area (Å²) in [6, 6.07) is 7.97. The van der Waals surface area contributed by atoms with Crippen molar-refractivity contribution >= 4 is 0 Å². The number of halogens is 1. The second-order valence-electron chi connectivity index (χ2n) is 2.99. The first-order valence-corrected chi connectivity index (χ1v) is 4.33. The minimum atomic E-state index is -0.255. The number of hydrogen-bond donors (Lipinski definition) is 1. The van der Waals surface area contributed by atoms with Gasteiger partial charge in [0.2, 0.25) is 0 Å². The highest BCUT2D eigenvalue weighted by Crippen LogP contribution is 2.24. The van der Waals surface area contributed by atoms with Gasteiger partial charge in [0.05, 0.1) is 6.26 Å². The summed E-state index contributed by atoms with van der Waals surface area (Å²) in [5, 5.41) is 0. The van der Waals surface area contributed by atoms with Gasteiger partial charge in [0.15, 0.2) is 0 Å². The average molecular weight is 191 g/mol. The Bertz CT molecular complexity index is 419. The Hall–Kier alpha value is -1.61. The summed E-state index contributed by atoms with van der Waals surface area (Å²) in [6.45, 7) is 0.420. The third kappa shape index (κ3) is 1.54. The second kappa shape index (κ2) is 3.64. The van der Waals surface area contributed by atoms with Crippen molar-refractivity contribution in [3.63, 3.8) is 0 Å². The number of rotatable bonds is 2. The lowest BCUT2D eigenvalue weighted by molar-refractivity contribution is 0.579. The monoisotopic (exact) mass is 191 g/mol. The van der Waals surface area contributed by atoms with E-state index in [1.54, 1.807) is 18.4 Å². The van der Waals surface area contributed by atoms with Crippen LogP contribution in [0.3, 0.4) is 0 Å². The smallest absolute Gasteiger partial charge is 0.138 e. The lowest BCUT2D eigenvalue weighted by Crippen LogP contribution is -1.95. The molecule has 0 atom stereocenters. The van der Waals surface area contributed by atoms with Gasteiger partial charge in [-0.25, -0.2) is 4.39 Å². The van der Waals surface area contributed by atoms with E-state index in [0.717, 1.165) is 11.1 Å². The van der Waals surface area contributed by atoms with Crippen LogP contribution in [-0.2, 0) is 6.54 Å². The highest BCUT2D eigenvalue weighted by Gasteiger charge is 2.06. The Labute approximate surface area is 81.2 Å². The van der Waals surface area contributed by atoms with E-state index in [1.165, 1.54) is 12.1 Å². The van der Waals surface area contributed by atoms with Gasteiger partial charge in [-0.05, 0) is 30.3 Å². The molecule has 0 bridgehead atoms. The molecule has 2 aromatic rings. The van der Waals surface area contributed by atoms with Crippen LogP contribution in [0.1, 0.15) is 5.56 Å². The molecular weight excluding hydrogens is 181 g/mol. The minimum Gasteiger partial charge on any atom is -0.464 e. The SMILES string of the molecule is NCc1ccoc1-c1ccc(F)cc1. The molecule has 0 aliphatic heterocycles. The van der Waals surface area contributed by atoms with Crippen molar-refractivity contribution < 1.29 is 8.81 Å². The van der Waals surface area contributed by atoms with Crippen LogP contribution in [0, 0.1) is 5.82 Å². The maximum Gasteiger partial charge on any atom is 0.138 e.